The summed E-state index contributed by atoms with van der Waals surface area (Å²) in [6.45, 7) is 2.29. The van der Waals surface area contributed by atoms with Gasteiger partial charge in [0.15, 0.2) is 11.6 Å². The minimum absolute atomic E-state index is 0.216. The average molecular weight is 445 g/mol. The van der Waals surface area contributed by atoms with E-state index in [2.05, 4.69) is 6.92 Å². The Morgan fingerprint density at radius 3 is 1.97 bits per heavy atom. The summed E-state index contributed by atoms with van der Waals surface area (Å²) < 4.78 is 44.0. The molecule has 0 saturated heterocycles. The molecule has 0 radical (unpaired) electrons. The number of hydrogen-bond acceptors (Lipinski definition) is 1. The van der Waals surface area contributed by atoms with Gasteiger partial charge in [-0.1, -0.05) is 44.7 Å². The Balaban J connectivity index is 1.31. The van der Waals surface area contributed by atoms with E-state index in [0.29, 0.717) is 15.5 Å². The molecule has 1 heterocycles. The van der Waals surface area contributed by atoms with Crippen LogP contribution in [0.2, 0.25) is 0 Å². The predicted octanol–water partition coefficient (Wildman–Crippen LogP) is 9.35. The van der Waals surface area contributed by atoms with Gasteiger partial charge in [-0.2, -0.15) is 0 Å². The van der Waals surface area contributed by atoms with Crippen LogP contribution < -0.4 is 0 Å². The number of hydrogen-bond donors (Lipinski definition) is 0. The highest BCUT2D eigenvalue weighted by atomic mass is 32.1. The van der Waals surface area contributed by atoms with Crippen LogP contribution in [0.1, 0.15) is 82.6 Å². The van der Waals surface area contributed by atoms with E-state index < -0.39 is 11.6 Å². The quantitative estimate of drug-likeness (QED) is 0.376. The Morgan fingerprint density at radius 1 is 0.742 bits per heavy atom. The minimum atomic E-state index is -0.873. The van der Waals surface area contributed by atoms with Gasteiger partial charge in [-0.05, 0) is 79.9 Å². The highest BCUT2D eigenvalue weighted by Gasteiger charge is 2.32. The van der Waals surface area contributed by atoms with Crippen LogP contribution in [0.15, 0.2) is 24.3 Å². The second-order valence-electron chi connectivity index (χ2n) is 9.87. The van der Waals surface area contributed by atoms with Gasteiger partial charge in [0.1, 0.15) is 5.82 Å². The number of thiophene rings is 1. The molecule has 0 aliphatic heterocycles. The molecule has 0 unspecified atom stereocenters. The van der Waals surface area contributed by atoms with Crippen molar-refractivity contribution in [3.8, 4) is 0 Å². The Morgan fingerprint density at radius 2 is 1.32 bits per heavy atom. The molecule has 0 bridgehead atoms. The van der Waals surface area contributed by atoms with Crippen molar-refractivity contribution in [2.24, 2.45) is 17.8 Å². The van der Waals surface area contributed by atoms with E-state index in [9.17, 15) is 8.78 Å². The third-order valence-electron chi connectivity index (χ3n) is 8.14. The van der Waals surface area contributed by atoms with E-state index >= 15 is 4.39 Å². The van der Waals surface area contributed by atoms with Gasteiger partial charge in [0, 0.05) is 10.8 Å². The molecule has 166 valence electrons. The molecule has 3 aromatic rings. The van der Waals surface area contributed by atoms with Gasteiger partial charge >= 0.3 is 0 Å². The van der Waals surface area contributed by atoms with Crippen LogP contribution in [0.4, 0.5) is 13.2 Å². The fraction of sp³-hybridized carbons (Fsp3) is 0.556. The maximum atomic E-state index is 15.5. The molecule has 0 spiro atoms. The topological polar surface area (TPSA) is 0 Å². The lowest BCUT2D eigenvalue weighted by molar-refractivity contribution is 0.156. The average Bonchev–Trinajstić information content (AvgIpc) is 3.18. The first-order chi connectivity index (χ1) is 15.1. The van der Waals surface area contributed by atoms with Crippen molar-refractivity contribution in [3.63, 3.8) is 0 Å². The lowest BCUT2D eigenvalue weighted by Crippen LogP contribution is -2.25. The minimum Gasteiger partial charge on any atom is -0.205 e. The summed E-state index contributed by atoms with van der Waals surface area (Å²) in [5.41, 5.74) is 0.769. The fourth-order valence-corrected chi connectivity index (χ4v) is 7.58. The van der Waals surface area contributed by atoms with Crippen LogP contribution in [-0.4, -0.2) is 0 Å². The summed E-state index contributed by atoms with van der Waals surface area (Å²) in [6.07, 6.45) is 12.7. The first-order valence-electron chi connectivity index (χ1n) is 12.0. The molecular formula is C27H31F3S. The molecular weight excluding hydrogens is 413 g/mol. The van der Waals surface area contributed by atoms with Crippen LogP contribution in [-0.2, 0) is 0 Å². The molecule has 2 fully saturated rings. The predicted molar refractivity (Wildman–Crippen MR) is 124 cm³/mol. The van der Waals surface area contributed by atoms with Crippen molar-refractivity contribution < 1.29 is 13.2 Å². The van der Waals surface area contributed by atoms with Crippen molar-refractivity contribution in [2.45, 2.75) is 77.0 Å². The lowest BCUT2D eigenvalue weighted by atomic mass is 9.68. The standard InChI is InChI=1S/C27H31F3S/c1-2-3-16-4-6-17(7-5-16)18-8-10-19(11-9-18)20-12-13-21-22-14-15-23(28)25(30)27(22)31-26(21)24(20)29/h12-19H,2-11H2,1H3. The summed E-state index contributed by atoms with van der Waals surface area (Å²) in [4.78, 5) is 0. The maximum Gasteiger partial charge on any atom is 0.176 e. The van der Waals surface area contributed by atoms with Gasteiger partial charge in [-0.15, -0.1) is 11.3 Å². The molecule has 2 aromatic carbocycles. The van der Waals surface area contributed by atoms with Crippen LogP contribution in [0.3, 0.4) is 0 Å². The molecule has 0 atom stereocenters. The van der Waals surface area contributed by atoms with Gasteiger partial charge in [-0.3, -0.25) is 0 Å². The third-order valence-corrected chi connectivity index (χ3v) is 9.34. The first-order valence-corrected chi connectivity index (χ1v) is 12.9. The number of fused-ring (bicyclic) bond motifs is 3. The molecule has 0 N–H and O–H groups in total. The summed E-state index contributed by atoms with van der Waals surface area (Å²) in [7, 11) is 0. The number of halogens is 3. The van der Waals surface area contributed by atoms with E-state index in [0.717, 1.165) is 53.6 Å². The van der Waals surface area contributed by atoms with Gasteiger partial charge in [-0.25, -0.2) is 13.2 Å². The van der Waals surface area contributed by atoms with Crippen LogP contribution in [0.5, 0.6) is 0 Å². The smallest absolute Gasteiger partial charge is 0.176 e. The van der Waals surface area contributed by atoms with E-state index in [-0.39, 0.29) is 16.4 Å². The molecule has 0 nitrogen and oxygen atoms in total. The van der Waals surface area contributed by atoms with E-state index in [1.807, 2.05) is 12.1 Å². The monoisotopic (exact) mass is 444 g/mol. The molecule has 4 heteroatoms. The van der Waals surface area contributed by atoms with Crippen molar-refractivity contribution in [3.05, 3.63) is 47.3 Å². The van der Waals surface area contributed by atoms with Crippen molar-refractivity contribution >= 4 is 31.5 Å². The molecule has 5 rings (SSSR count). The maximum absolute atomic E-state index is 15.5. The summed E-state index contributed by atoms with van der Waals surface area (Å²) in [5.74, 6) is 0.883. The zero-order valence-electron chi connectivity index (χ0n) is 18.2. The van der Waals surface area contributed by atoms with Gasteiger partial charge < -0.3 is 0 Å². The zero-order valence-corrected chi connectivity index (χ0v) is 19.0. The van der Waals surface area contributed by atoms with Gasteiger partial charge in [0.25, 0.3) is 0 Å². The Labute approximate surface area is 186 Å². The summed E-state index contributed by atoms with van der Waals surface area (Å²) >= 11 is 1.04. The largest absolute Gasteiger partial charge is 0.205 e. The van der Waals surface area contributed by atoms with Crippen molar-refractivity contribution in [2.75, 3.05) is 0 Å². The lowest BCUT2D eigenvalue weighted by Gasteiger charge is -2.38. The van der Waals surface area contributed by atoms with Gasteiger partial charge in [0.05, 0.1) is 9.40 Å². The summed E-state index contributed by atoms with van der Waals surface area (Å²) in [6, 6.07) is 6.50. The fourth-order valence-electron chi connectivity index (χ4n) is 6.40. The third kappa shape index (κ3) is 3.90. The zero-order chi connectivity index (χ0) is 21.5. The van der Waals surface area contributed by atoms with Gasteiger partial charge in [0.2, 0.25) is 0 Å². The number of benzene rings is 2. The van der Waals surface area contributed by atoms with Crippen LogP contribution in [0.25, 0.3) is 20.2 Å². The first kappa shape index (κ1) is 21.3. The van der Waals surface area contributed by atoms with E-state index in [1.54, 1.807) is 6.07 Å². The van der Waals surface area contributed by atoms with Crippen LogP contribution >= 0.6 is 11.3 Å². The molecule has 2 aliphatic carbocycles. The highest BCUT2D eigenvalue weighted by Crippen LogP contribution is 2.46. The Kier molecular flexibility index (Phi) is 6.02. The van der Waals surface area contributed by atoms with Crippen molar-refractivity contribution in [1.29, 1.82) is 0 Å². The molecule has 1 aromatic heterocycles. The van der Waals surface area contributed by atoms with E-state index in [4.69, 9.17) is 0 Å². The molecule has 0 amide bonds. The second-order valence-corrected chi connectivity index (χ2v) is 10.9. The normalized spacial score (nSPS) is 27.2. The summed E-state index contributed by atoms with van der Waals surface area (Å²) in [5, 5.41) is 1.30. The van der Waals surface area contributed by atoms with Crippen molar-refractivity contribution in [1.82, 2.24) is 0 Å². The number of rotatable bonds is 4. The van der Waals surface area contributed by atoms with E-state index in [1.165, 1.54) is 51.4 Å². The molecule has 2 aliphatic rings. The molecule has 31 heavy (non-hydrogen) atoms. The molecule has 2 saturated carbocycles. The highest BCUT2D eigenvalue weighted by molar-refractivity contribution is 7.25. The Hall–Kier alpha value is -1.55. The van der Waals surface area contributed by atoms with Crippen LogP contribution in [0, 0.1) is 35.2 Å². The second kappa shape index (κ2) is 8.77. The Bertz CT molecular complexity index is 1070. The SMILES string of the molecule is CCCC1CCC(C2CCC(c3ccc4c(sc5c(F)c(F)ccc54)c3F)CC2)CC1.